The lowest BCUT2D eigenvalue weighted by atomic mass is 9.92. The topological polar surface area (TPSA) is 103 Å². The average molecular weight is 434 g/mol. The summed E-state index contributed by atoms with van der Waals surface area (Å²) in [5, 5.41) is 3.38. The van der Waals surface area contributed by atoms with Crippen LogP contribution in [-0.4, -0.2) is 40.1 Å². The van der Waals surface area contributed by atoms with E-state index in [1.54, 1.807) is 6.07 Å². The summed E-state index contributed by atoms with van der Waals surface area (Å²) >= 11 is 1.42. The smallest absolute Gasteiger partial charge is 0.348 e. The van der Waals surface area contributed by atoms with Crippen LogP contribution < -0.4 is 11.1 Å². The summed E-state index contributed by atoms with van der Waals surface area (Å²) in [6, 6.07) is 2.45. The SMILES string of the molecule is CCc1sc(C(=O)OC)cc1-c1ncnc(NC2CCC(N)CC2)n1.Cl.Cl. The zero-order valence-electron chi connectivity index (χ0n) is 15.3. The van der Waals surface area contributed by atoms with Crippen LogP contribution >= 0.6 is 36.2 Å². The Morgan fingerprint density at radius 2 is 2.00 bits per heavy atom. The van der Waals surface area contributed by atoms with Crippen molar-refractivity contribution in [1.29, 1.82) is 0 Å². The van der Waals surface area contributed by atoms with Crippen molar-refractivity contribution >= 4 is 48.1 Å². The first-order valence-electron chi connectivity index (χ1n) is 8.53. The van der Waals surface area contributed by atoms with Crippen molar-refractivity contribution in [2.45, 2.75) is 51.1 Å². The summed E-state index contributed by atoms with van der Waals surface area (Å²) in [6.07, 6.45) is 6.38. The van der Waals surface area contributed by atoms with E-state index in [0.717, 1.165) is 42.5 Å². The monoisotopic (exact) mass is 433 g/mol. The zero-order valence-corrected chi connectivity index (χ0v) is 17.8. The number of aryl methyl sites for hydroxylation is 1. The van der Waals surface area contributed by atoms with E-state index in [1.165, 1.54) is 24.8 Å². The maximum Gasteiger partial charge on any atom is 0.348 e. The third-order valence-electron chi connectivity index (χ3n) is 4.43. The van der Waals surface area contributed by atoms with Crippen LogP contribution in [0.4, 0.5) is 5.95 Å². The summed E-state index contributed by atoms with van der Waals surface area (Å²) in [7, 11) is 1.38. The number of hydrogen-bond donors (Lipinski definition) is 2. The molecule has 150 valence electrons. The molecule has 27 heavy (non-hydrogen) atoms. The van der Waals surface area contributed by atoms with Crippen molar-refractivity contribution in [3.63, 3.8) is 0 Å². The van der Waals surface area contributed by atoms with Crippen molar-refractivity contribution < 1.29 is 9.53 Å². The number of aromatic nitrogens is 3. The minimum atomic E-state index is -0.336. The molecule has 3 N–H and O–H groups in total. The first kappa shape index (κ1) is 23.6. The second-order valence-corrected chi connectivity index (χ2v) is 7.32. The van der Waals surface area contributed by atoms with Crippen molar-refractivity contribution in [3.05, 3.63) is 22.1 Å². The summed E-state index contributed by atoms with van der Waals surface area (Å²) in [5.41, 5.74) is 6.82. The maximum absolute atomic E-state index is 11.8. The molecule has 1 aliphatic carbocycles. The molecule has 1 fully saturated rings. The second-order valence-electron chi connectivity index (χ2n) is 6.18. The van der Waals surface area contributed by atoms with E-state index in [2.05, 4.69) is 20.3 Å². The Hall–Kier alpha value is -1.48. The molecule has 10 heteroatoms. The summed E-state index contributed by atoms with van der Waals surface area (Å²) in [5.74, 6) is 0.809. The molecule has 0 radical (unpaired) electrons. The number of anilines is 1. The zero-order chi connectivity index (χ0) is 17.8. The van der Waals surface area contributed by atoms with E-state index in [9.17, 15) is 4.79 Å². The van der Waals surface area contributed by atoms with E-state index in [0.29, 0.717) is 28.7 Å². The van der Waals surface area contributed by atoms with Gasteiger partial charge in [-0.25, -0.2) is 14.8 Å². The molecule has 0 aliphatic heterocycles. The quantitative estimate of drug-likeness (QED) is 0.695. The Kier molecular flexibility index (Phi) is 9.38. The predicted molar refractivity (Wildman–Crippen MR) is 112 cm³/mol. The van der Waals surface area contributed by atoms with E-state index in [4.69, 9.17) is 10.5 Å². The van der Waals surface area contributed by atoms with Crippen LogP contribution in [0.2, 0.25) is 0 Å². The highest BCUT2D eigenvalue weighted by Gasteiger charge is 2.20. The highest BCUT2D eigenvalue weighted by molar-refractivity contribution is 7.14. The summed E-state index contributed by atoms with van der Waals surface area (Å²) in [4.78, 5) is 26.5. The number of hydrogen-bond acceptors (Lipinski definition) is 8. The van der Waals surface area contributed by atoms with Gasteiger partial charge in [0.05, 0.1) is 7.11 Å². The van der Waals surface area contributed by atoms with Crippen LogP contribution in [-0.2, 0) is 11.2 Å². The molecular weight excluding hydrogens is 409 g/mol. The molecule has 0 saturated heterocycles. The number of nitrogens with two attached hydrogens (primary N) is 1. The number of nitrogens with zero attached hydrogens (tertiary/aromatic N) is 3. The number of methoxy groups -OCH3 is 1. The van der Waals surface area contributed by atoms with Crippen LogP contribution in [0.5, 0.6) is 0 Å². The molecule has 2 aromatic heterocycles. The number of carbonyl (C=O) groups is 1. The lowest BCUT2D eigenvalue weighted by Crippen LogP contribution is -2.33. The van der Waals surface area contributed by atoms with Crippen LogP contribution in [0, 0.1) is 0 Å². The Morgan fingerprint density at radius 3 is 2.63 bits per heavy atom. The molecule has 2 heterocycles. The molecule has 3 rings (SSSR count). The van der Waals surface area contributed by atoms with E-state index in [1.807, 2.05) is 6.92 Å². The van der Waals surface area contributed by atoms with E-state index < -0.39 is 0 Å². The number of halogens is 2. The molecule has 7 nitrogen and oxygen atoms in total. The average Bonchev–Trinajstić information content (AvgIpc) is 3.08. The molecule has 1 saturated carbocycles. The molecule has 0 amide bonds. The fraction of sp³-hybridized carbons (Fsp3) is 0.529. The molecular formula is C17H25Cl2N5O2S. The number of thiophene rings is 1. The van der Waals surface area contributed by atoms with Gasteiger partial charge in [-0.05, 0) is 38.2 Å². The number of rotatable bonds is 5. The van der Waals surface area contributed by atoms with Crippen LogP contribution in [0.1, 0.15) is 47.2 Å². The third kappa shape index (κ3) is 5.75. The Labute approximate surface area is 175 Å². The van der Waals surface area contributed by atoms with Gasteiger partial charge in [-0.15, -0.1) is 36.2 Å². The Balaban J connectivity index is 0.00000182. The van der Waals surface area contributed by atoms with Gasteiger partial charge >= 0.3 is 5.97 Å². The van der Waals surface area contributed by atoms with Crippen molar-refractivity contribution in [3.8, 4) is 11.4 Å². The molecule has 0 atom stereocenters. The first-order valence-corrected chi connectivity index (χ1v) is 9.35. The van der Waals surface area contributed by atoms with Gasteiger partial charge in [-0.3, -0.25) is 0 Å². The fourth-order valence-electron chi connectivity index (χ4n) is 3.02. The lowest BCUT2D eigenvalue weighted by Gasteiger charge is -2.26. The van der Waals surface area contributed by atoms with E-state index >= 15 is 0 Å². The minimum absolute atomic E-state index is 0. The van der Waals surface area contributed by atoms with Gasteiger partial charge < -0.3 is 15.8 Å². The maximum atomic E-state index is 11.8. The lowest BCUT2D eigenvalue weighted by molar-refractivity contribution is 0.0606. The standard InChI is InChI=1S/C17H23N5O2S.2ClH/c1-3-13-12(8-14(25-13)16(23)24-2)15-19-9-20-17(22-15)21-11-6-4-10(18)5-7-11;;/h8-11H,3-7,18H2,1-2H3,(H,19,20,21,22);2*1H. The molecule has 2 aromatic rings. The number of carbonyl (C=O) groups excluding carboxylic acids is 1. The first-order chi connectivity index (χ1) is 12.1. The summed E-state index contributed by atoms with van der Waals surface area (Å²) in [6.45, 7) is 2.04. The van der Waals surface area contributed by atoms with Crippen molar-refractivity contribution in [1.82, 2.24) is 15.0 Å². The Bertz CT molecular complexity index is 751. The Morgan fingerprint density at radius 1 is 1.30 bits per heavy atom. The van der Waals surface area contributed by atoms with Gasteiger partial charge in [0.2, 0.25) is 5.95 Å². The largest absolute Gasteiger partial charge is 0.465 e. The number of esters is 1. The van der Waals surface area contributed by atoms with Crippen LogP contribution in [0.15, 0.2) is 12.4 Å². The van der Waals surface area contributed by atoms with Gasteiger partial charge in [0.25, 0.3) is 0 Å². The third-order valence-corrected chi connectivity index (χ3v) is 5.69. The van der Waals surface area contributed by atoms with Gasteiger partial charge in [0.1, 0.15) is 11.2 Å². The van der Waals surface area contributed by atoms with Crippen molar-refractivity contribution in [2.75, 3.05) is 12.4 Å². The molecule has 0 unspecified atom stereocenters. The van der Waals surface area contributed by atoms with Crippen LogP contribution in [0.25, 0.3) is 11.4 Å². The highest BCUT2D eigenvalue weighted by atomic mass is 35.5. The molecule has 1 aliphatic rings. The fourth-order valence-corrected chi connectivity index (χ4v) is 4.04. The van der Waals surface area contributed by atoms with Gasteiger partial charge in [-0.1, -0.05) is 6.92 Å². The molecule has 0 bridgehead atoms. The van der Waals surface area contributed by atoms with Crippen LogP contribution in [0.3, 0.4) is 0 Å². The predicted octanol–water partition coefficient (Wildman–Crippen LogP) is 3.47. The van der Waals surface area contributed by atoms with Gasteiger partial charge in [-0.2, -0.15) is 4.98 Å². The number of nitrogens with one attached hydrogen (secondary N) is 1. The van der Waals surface area contributed by atoms with Gasteiger partial charge in [0.15, 0.2) is 5.82 Å². The second kappa shape index (κ2) is 10.8. The molecule has 0 aromatic carbocycles. The van der Waals surface area contributed by atoms with Crippen molar-refractivity contribution in [2.24, 2.45) is 5.73 Å². The molecule has 0 spiro atoms. The summed E-state index contributed by atoms with van der Waals surface area (Å²) < 4.78 is 4.81. The van der Waals surface area contributed by atoms with E-state index in [-0.39, 0.29) is 30.8 Å². The number of ether oxygens (including phenoxy) is 1. The van der Waals surface area contributed by atoms with Gasteiger partial charge in [0, 0.05) is 22.5 Å². The normalized spacial score (nSPS) is 18.8. The highest BCUT2D eigenvalue weighted by Crippen LogP contribution is 2.31. The minimum Gasteiger partial charge on any atom is -0.465 e.